The van der Waals surface area contributed by atoms with E-state index < -0.39 is 18.2 Å². The van der Waals surface area contributed by atoms with Gasteiger partial charge in [0.25, 0.3) is 0 Å². The Hall–Kier alpha value is -5.20. The number of amides is 4. The summed E-state index contributed by atoms with van der Waals surface area (Å²) in [6.07, 6.45) is 2.78. The van der Waals surface area contributed by atoms with E-state index in [-0.39, 0.29) is 63.3 Å². The smallest absolute Gasteiger partial charge is 0.334 e. The fourth-order valence-electron chi connectivity index (χ4n) is 6.37. The van der Waals surface area contributed by atoms with Crippen LogP contribution in [0.1, 0.15) is 16.7 Å². The van der Waals surface area contributed by atoms with Gasteiger partial charge in [-0.3, -0.25) is 14.3 Å². The number of aromatic hydroxyl groups is 1. The molecule has 2 saturated heterocycles. The number of aliphatic hydroxyl groups excluding tert-OH is 1. The summed E-state index contributed by atoms with van der Waals surface area (Å²) in [4.78, 5) is 45.4. The van der Waals surface area contributed by atoms with Gasteiger partial charge in [-0.1, -0.05) is 66.7 Å². The number of hydrogen-bond acceptors (Lipinski definition) is 7. The van der Waals surface area contributed by atoms with Crippen molar-refractivity contribution in [3.05, 3.63) is 108 Å². The molecule has 2 atom stereocenters. The normalized spacial score (nSPS) is 18.6. The van der Waals surface area contributed by atoms with Crippen LogP contribution in [0.4, 0.5) is 4.79 Å². The summed E-state index contributed by atoms with van der Waals surface area (Å²) >= 11 is 0. The standard InChI is InChI=1S/C34H37N7O5/c1-2-15-38-23-31(44)40-29(18-24-11-13-28(43)14-12-24)33(45)37(21-27-10-6-9-26-20-36-39(16-17-42)32(26)27)22-30(40)41(38)34(46)35-19-25-7-4-3-5-8-25/h2-14,20,29-30,42-43H,1,15-19,21-23H2,(H,35,46). The van der Waals surface area contributed by atoms with E-state index in [2.05, 4.69) is 17.0 Å². The van der Waals surface area contributed by atoms with Crippen molar-refractivity contribution in [2.45, 2.75) is 38.3 Å². The van der Waals surface area contributed by atoms with Gasteiger partial charge in [0, 0.05) is 31.4 Å². The van der Waals surface area contributed by atoms with Gasteiger partial charge < -0.3 is 25.3 Å². The molecule has 0 spiro atoms. The monoisotopic (exact) mass is 623 g/mol. The number of para-hydroxylation sites is 1. The number of carbonyl (C=O) groups is 3. The highest BCUT2D eigenvalue weighted by Gasteiger charge is 2.51. The van der Waals surface area contributed by atoms with Gasteiger partial charge in [-0.25, -0.2) is 14.8 Å². The lowest BCUT2D eigenvalue weighted by atomic mass is 9.98. The van der Waals surface area contributed by atoms with Crippen LogP contribution >= 0.6 is 0 Å². The Morgan fingerprint density at radius 2 is 1.80 bits per heavy atom. The molecule has 3 heterocycles. The summed E-state index contributed by atoms with van der Waals surface area (Å²) in [6, 6.07) is 20.6. The maximum absolute atomic E-state index is 14.4. The van der Waals surface area contributed by atoms with E-state index in [1.54, 1.807) is 61.0 Å². The summed E-state index contributed by atoms with van der Waals surface area (Å²) in [6.45, 7) is 4.78. The largest absolute Gasteiger partial charge is 0.508 e. The molecular weight excluding hydrogens is 586 g/mol. The van der Waals surface area contributed by atoms with Gasteiger partial charge in [-0.2, -0.15) is 5.10 Å². The molecular formula is C34H37N7O5. The van der Waals surface area contributed by atoms with Crippen molar-refractivity contribution in [1.29, 1.82) is 0 Å². The van der Waals surface area contributed by atoms with Gasteiger partial charge in [0.05, 0.1) is 38.0 Å². The summed E-state index contributed by atoms with van der Waals surface area (Å²) < 4.78 is 1.72. The molecule has 1 aromatic heterocycles. The van der Waals surface area contributed by atoms with Crippen LogP contribution in [0.3, 0.4) is 0 Å². The van der Waals surface area contributed by atoms with Crippen molar-refractivity contribution in [2.24, 2.45) is 0 Å². The molecule has 238 valence electrons. The molecule has 2 fully saturated rings. The molecule has 2 aliphatic heterocycles. The molecule has 3 N–H and O–H groups in total. The minimum atomic E-state index is -0.896. The number of nitrogens with zero attached hydrogens (tertiary/aromatic N) is 6. The van der Waals surface area contributed by atoms with E-state index >= 15 is 0 Å². The summed E-state index contributed by atoms with van der Waals surface area (Å²) in [7, 11) is 0. The molecule has 12 heteroatoms. The van der Waals surface area contributed by atoms with Crippen LogP contribution in [0.2, 0.25) is 0 Å². The summed E-state index contributed by atoms with van der Waals surface area (Å²) in [5, 5.41) is 31.0. The van der Waals surface area contributed by atoms with Crippen molar-refractivity contribution < 1.29 is 24.6 Å². The highest BCUT2D eigenvalue weighted by molar-refractivity contribution is 5.92. The summed E-state index contributed by atoms with van der Waals surface area (Å²) in [5.74, 6) is -0.412. The number of rotatable bonds is 10. The lowest BCUT2D eigenvalue weighted by Gasteiger charge is -2.55. The van der Waals surface area contributed by atoms with E-state index in [4.69, 9.17) is 0 Å². The number of piperazine rings is 1. The molecule has 2 unspecified atom stereocenters. The van der Waals surface area contributed by atoms with Crippen molar-refractivity contribution in [1.82, 2.24) is 34.9 Å². The molecule has 0 saturated carbocycles. The van der Waals surface area contributed by atoms with Crippen molar-refractivity contribution in [3.8, 4) is 5.75 Å². The number of carbonyl (C=O) groups excluding carboxylic acids is 3. The van der Waals surface area contributed by atoms with Crippen LogP contribution in [-0.4, -0.2) is 96.1 Å². The second-order valence-electron chi connectivity index (χ2n) is 11.5. The zero-order chi connectivity index (χ0) is 32.2. The topological polar surface area (TPSA) is 134 Å². The Balaban J connectivity index is 1.38. The van der Waals surface area contributed by atoms with E-state index in [0.717, 1.165) is 27.6 Å². The SMILES string of the molecule is C=CCN1CC(=O)N2C(Cc3ccc(O)cc3)C(=O)N(Cc3cccc4cnn(CCO)c34)CC2N1C(=O)NCc1ccccc1. The van der Waals surface area contributed by atoms with Crippen molar-refractivity contribution in [3.63, 3.8) is 0 Å². The molecule has 0 aliphatic carbocycles. The van der Waals surface area contributed by atoms with Crippen LogP contribution in [-0.2, 0) is 35.6 Å². The quantitative estimate of drug-likeness (QED) is 0.231. The van der Waals surface area contributed by atoms with Gasteiger partial charge >= 0.3 is 6.03 Å². The fraction of sp³-hybridized carbons (Fsp3) is 0.294. The first-order valence-corrected chi connectivity index (χ1v) is 15.3. The number of phenols is 1. The van der Waals surface area contributed by atoms with Crippen LogP contribution < -0.4 is 5.32 Å². The predicted molar refractivity (Wildman–Crippen MR) is 171 cm³/mol. The van der Waals surface area contributed by atoms with E-state index in [0.29, 0.717) is 6.54 Å². The number of phenolic OH excluding ortho intramolecular Hbond substituents is 1. The first-order valence-electron chi connectivity index (χ1n) is 15.3. The molecule has 6 rings (SSSR count). The molecule has 0 radical (unpaired) electrons. The molecule has 46 heavy (non-hydrogen) atoms. The first-order chi connectivity index (χ1) is 22.4. The number of hydrogen-bond donors (Lipinski definition) is 3. The van der Waals surface area contributed by atoms with Gasteiger partial charge in [-0.05, 0) is 28.8 Å². The number of urea groups is 1. The zero-order valence-corrected chi connectivity index (χ0v) is 25.4. The Morgan fingerprint density at radius 1 is 1.02 bits per heavy atom. The molecule has 3 aromatic carbocycles. The minimum Gasteiger partial charge on any atom is -0.508 e. The maximum atomic E-state index is 14.4. The van der Waals surface area contributed by atoms with Crippen molar-refractivity contribution in [2.75, 3.05) is 26.2 Å². The zero-order valence-electron chi connectivity index (χ0n) is 25.4. The number of hydrazine groups is 1. The fourth-order valence-corrected chi connectivity index (χ4v) is 6.37. The van der Waals surface area contributed by atoms with Gasteiger partial charge in [0.2, 0.25) is 11.8 Å². The second kappa shape index (κ2) is 13.4. The second-order valence-corrected chi connectivity index (χ2v) is 11.5. The highest BCUT2D eigenvalue weighted by Crippen LogP contribution is 2.31. The summed E-state index contributed by atoms with van der Waals surface area (Å²) in [5.41, 5.74) is 3.33. The van der Waals surface area contributed by atoms with Crippen LogP contribution in [0.15, 0.2) is 91.6 Å². The number of benzene rings is 3. The molecule has 0 bridgehead atoms. The Morgan fingerprint density at radius 3 is 2.54 bits per heavy atom. The highest BCUT2D eigenvalue weighted by atomic mass is 16.3. The van der Waals surface area contributed by atoms with Gasteiger partial charge in [0.1, 0.15) is 18.0 Å². The van der Waals surface area contributed by atoms with E-state index in [9.17, 15) is 24.6 Å². The minimum absolute atomic E-state index is 0.0770. The number of aromatic nitrogens is 2. The molecule has 4 amide bonds. The number of fused-ring (bicyclic) bond motifs is 2. The number of nitrogens with one attached hydrogen (secondary N) is 1. The van der Waals surface area contributed by atoms with E-state index in [1.165, 1.54) is 0 Å². The Labute approximate surface area is 266 Å². The predicted octanol–water partition coefficient (Wildman–Crippen LogP) is 2.47. The lowest BCUT2D eigenvalue weighted by molar-refractivity contribution is -0.189. The average Bonchev–Trinajstić information content (AvgIpc) is 3.47. The maximum Gasteiger partial charge on any atom is 0.334 e. The van der Waals surface area contributed by atoms with E-state index in [1.807, 2.05) is 48.5 Å². The third-order valence-corrected chi connectivity index (χ3v) is 8.45. The third kappa shape index (κ3) is 6.17. The Kier molecular flexibility index (Phi) is 8.99. The van der Waals surface area contributed by atoms with Crippen molar-refractivity contribution >= 4 is 28.7 Å². The van der Waals surface area contributed by atoms with Crippen LogP contribution in [0.5, 0.6) is 5.75 Å². The van der Waals surface area contributed by atoms with Crippen LogP contribution in [0.25, 0.3) is 10.9 Å². The van der Waals surface area contributed by atoms with Crippen LogP contribution in [0, 0.1) is 0 Å². The first kappa shape index (κ1) is 30.8. The molecule has 4 aromatic rings. The lowest BCUT2D eigenvalue weighted by Crippen LogP contribution is -2.76. The molecule has 12 nitrogen and oxygen atoms in total. The van der Waals surface area contributed by atoms with Gasteiger partial charge in [0.15, 0.2) is 0 Å². The Bertz CT molecular complexity index is 1730. The average molecular weight is 624 g/mol. The molecule has 2 aliphatic rings. The van der Waals surface area contributed by atoms with Gasteiger partial charge in [-0.15, -0.1) is 6.58 Å². The third-order valence-electron chi connectivity index (χ3n) is 8.45. The number of aliphatic hydroxyl groups is 1.